The third kappa shape index (κ3) is 3.42. The molecule has 1 aromatic carbocycles. The fraction of sp³-hybridized carbons (Fsp3) is 0.0769. The van der Waals surface area contributed by atoms with Crippen LogP contribution < -0.4 is 4.74 Å². The second-order valence-corrected chi connectivity index (χ2v) is 4.16. The van der Waals surface area contributed by atoms with E-state index in [0.29, 0.717) is 5.02 Å². The van der Waals surface area contributed by atoms with Gasteiger partial charge in [-0.05, 0) is 23.8 Å². The van der Waals surface area contributed by atoms with Gasteiger partial charge in [0.2, 0.25) is 5.88 Å². The number of hydrogen-bond donors (Lipinski definition) is 1. The van der Waals surface area contributed by atoms with Crippen molar-refractivity contribution >= 4 is 17.6 Å². The van der Waals surface area contributed by atoms with E-state index in [2.05, 4.69) is 4.98 Å². The maximum absolute atomic E-state index is 12.9. The van der Waals surface area contributed by atoms with Gasteiger partial charge in [0.05, 0.1) is 6.20 Å². The molecule has 98 valence electrons. The maximum atomic E-state index is 12.9. The van der Waals surface area contributed by atoms with Gasteiger partial charge in [0, 0.05) is 5.02 Å². The maximum Gasteiger partial charge on any atom is 0.341 e. The second-order valence-electron chi connectivity index (χ2n) is 3.73. The zero-order chi connectivity index (χ0) is 13.8. The monoisotopic (exact) mass is 281 g/mol. The number of hydrogen-bond acceptors (Lipinski definition) is 3. The molecular formula is C13H9ClFNO3. The van der Waals surface area contributed by atoms with E-state index in [-0.39, 0.29) is 18.1 Å². The van der Waals surface area contributed by atoms with Crippen molar-refractivity contribution in [3.63, 3.8) is 0 Å². The van der Waals surface area contributed by atoms with E-state index in [4.69, 9.17) is 21.4 Å². The highest BCUT2D eigenvalue weighted by Gasteiger charge is 2.14. The number of carboxylic acids is 1. The second kappa shape index (κ2) is 5.67. The summed E-state index contributed by atoms with van der Waals surface area (Å²) in [7, 11) is 0. The predicted molar refractivity (Wildman–Crippen MR) is 66.9 cm³/mol. The lowest BCUT2D eigenvalue weighted by molar-refractivity contribution is 0.0690. The van der Waals surface area contributed by atoms with E-state index in [1.807, 2.05) is 0 Å². The predicted octanol–water partition coefficient (Wildman–Crippen LogP) is 3.15. The highest BCUT2D eigenvalue weighted by molar-refractivity contribution is 6.30. The summed E-state index contributed by atoms with van der Waals surface area (Å²) < 4.78 is 18.2. The zero-order valence-electron chi connectivity index (χ0n) is 9.64. The molecule has 0 spiro atoms. The fourth-order valence-electron chi connectivity index (χ4n) is 1.43. The standard InChI is InChI=1S/C13H9ClFNO3/c14-9-3-1-8(2-4-9)7-19-12-11(13(17)18)5-10(15)6-16-12/h1-6H,7H2,(H,17,18). The van der Waals surface area contributed by atoms with Crippen LogP contribution in [-0.4, -0.2) is 16.1 Å². The van der Waals surface area contributed by atoms with Gasteiger partial charge in [0.25, 0.3) is 0 Å². The third-order valence-corrected chi connectivity index (χ3v) is 2.59. The van der Waals surface area contributed by atoms with Crippen LogP contribution in [0.15, 0.2) is 36.5 Å². The van der Waals surface area contributed by atoms with Crippen molar-refractivity contribution in [3.8, 4) is 5.88 Å². The van der Waals surface area contributed by atoms with Crippen LogP contribution >= 0.6 is 11.6 Å². The van der Waals surface area contributed by atoms with Crippen molar-refractivity contribution in [1.82, 2.24) is 4.98 Å². The van der Waals surface area contributed by atoms with E-state index in [9.17, 15) is 9.18 Å². The largest absolute Gasteiger partial charge is 0.477 e. The molecule has 0 aliphatic carbocycles. The van der Waals surface area contributed by atoms with Crippen LogP contribution in [-0.2, 0) is 6.61 Å². The molecular weight excluding hydrogens is 273 g/mol. The Hall–Kier alpha value is -2.14. The van der Waals surface area contributed by atoms with Crippen molar-refractivity contribution in [1.29, 1.82) is 0 Å². The Morgan fingerprint density at radius 2 is 2.05 bits per heavy atom. The number of ether oxygens (including phenoxy) is 1. The number of carbonyl (C=O) groups is 1. The average Bonchev–Trinajstić information content (AvgIpc) is 2.39. The number of aromatic carboxylic acids is 1. The fourth-order valence-corrected chi connectivity index (χ4v) is 1.55. The summed E-state index contributed by atoms with van der Waals surface area (Å²) in [6.45, 7) is 0.121. The number of halogens is 2. The van der Waals surface area contributed by atoms with E-state index in [0.717, 1.165) is 17.8 Å². The first-order chi connectivity index (χ1) is 9.06. The van der Waals surface area contributed by atoms with Gasteiger partial charge in [0.15, 0.2) is 0 Å². The molecule has 6 heteroatoms. The lowest BCUT2D eigenvalue weighted by Crippen LogP contribution is -2.06. The lowest BCUT2D eigenvalue weighted by atomic mass is 10.2. The lowest BCUT2D eigenvalue weighted by Gasteiger charge is -2.08. The Bertz CT molecular complexity index is 601. The van der Waals surface area contributed by atoms with Crippen LogP contribution in [0.1, 0.15) is 15.9 Å². The first kappa shape index (κ1) is 13.3. The van der Waals surface area contributed by atoms with Gasteiger partial charge >= 0.3 is 5.97 Å². The van der Waals surface area contributed by atoms with Gasteiger partial charge in [0.1, 0.15) is 18.0 Å². The molecule has 4 nitrogen and oxygen atoms in total. The van der Waals surface area contributed by atoms with Crippen LogP contribution in [0.3, 0.4) is 0 Å². The summed E-state index contributed by atoms with van der Waals surface area (Å²) >= 11 is 5.74. The number of pyridine rings is 1. The van der Waals surface area contributed by atoms with Gasteiger partial charge in [-0.3, -0.25) is 0 Å². The molecule has 0 unspecified atom stereocenters. The van der Waals surface area contributed by atoms with E-state index in [1.165, 1.54) is 0 Å². The van der Waals surface area contributed by atoms with Crippen molar-refractivity contribution in [3.05, 3.63) is 58.5 Å². The Morgan fingerprint density at radius 3 is 2.68 bits per heavy atom. The molecule has 0 aliphatic heterocycles. The number of nitrogens with zero attached hydrogens (tertiary/aromatic N) is 1. The number of carboxylic acid groups (broad SMARTS) is 1. The topological polar surface area (TPSA) is 59.4 Å². The van der Waals surface area contributed by atoms with Crippen LogP contribution in [0.4, 0.5) is 4.39 Å². The Kier molecular flexibility index (Phi) is 3.97. The molecule has 1 N–H and O–H groups in total. The summed E-state index contributed by atoms with van der Waals surface area (Å²) in [6.07, 6.45) is 0.906. The zero-order valence-corrected chi connectivity index (χ0v) is 10.4. The number of rotatable bonds is 4. The Morgan fingerprint density at radius 1 is 1.37 bits per heavy atom. The molecule has 0 bridgehead atoms. The van der Waals surface area contributed by atoms with Crippen LogP contribution in [0, 0.1) is 5.82 Å². The minimum Gasteiger partial charge on any atom is -0.477 e. The summed E-state index contributed by atoms with van der Waals surface area (Å²) in [4.78, 5) is 14.6. The summed E-state index contributed by atoms with van der Waals surface area (Å²) in [5.41, 5.74) is 0.487. The SMILES string of the molecule is O=C(O)c1cc(F)cnc1OCc1ccc(Cl)cc1. The normalized spacial score (nSPS) is 10.2. The van der Waals surface area contributed by atoms with Crippen molar-refractivity contribution in [2.75, 3.05) is 0 Å². The molecule has 0 aliphatic rings. The van der Waals surface area contributed by atoms with Crippen LogP contribution in [0.2, 0.25) is 5.02 Å². The van der Waals surface area contributed by atoms with Crippen molar-refractivity contribution in [2.45, 2.75) is 6.61 Å². The van der Waals surface area contributed by atoms with E-state index >= 15 is 0 Å². The number of benzene rings is 1. The summed E-state index contributed by atoms with van der Waals surface area (Å²) in [5.74, 6) is -2.14. The highest BCUT2D eigenvalue weighted by atomic mass is 35.5. The van der Waals surface area contributed by atoms with Gasteiger partial charge in [-0.15, -0.1) is 0 Å². The quantitative estimate of drug-likeness (QED) is 0.935. The smallest absolute Gasteiger partial charge is 0.341 e. The molecule has 0 fully saturated rings. The minimum absolute atomic E-state index is 0.121. The molecule has 2 aromatic rings. The first-order valence-electron chi connectivity index (χ1n) is 5.32. The molecule has 0 radical (unpaired) electrons. The van der Waals surface area contributed by atoms with E-state index < -0.39 is 11.8 Å². The first-order valence-corrected chi connectivity index (χ1v) is 5.70. The molecule has 0 amide bonds. The van der Waals surface area contributed by atoms with Crippen molar-refractivity contribution < 1.29 is 19.0 Å². The molecule has 0 saturated heterocycles. The van der Waals surface area contributed by atoms with E-state index in [1.54, 1.807) is 24.3 Å². The molecule has 1 aromatic heterocycles. The van der Waals surface area contributed by atoms with Gasteiger partial charge in [-0.2, -0.15) is 0 Å². The molecule has 1 heterocycles. The number of aromatic nitrogens is 1. The Balaban J connectivity index is 2.15. The van der Waals surface area contributed by atoms with Gasteiger partial charge in [-0.1, -0.05) is 23.7 Å². The highest BCUT2D eigenvalue weighted by Crippen LogP contribution is 2.18. The minimum atomic E-state index is -1.29. The molecule has 0 saturated carbocycles. The summed E-state index contributed by atoms with van der Waals surface area (Å²) in [6, 6.07) is 7.73. The summed E-state index contributed by atoms with van der Waals surface area (Å²) in [5, 5.41) is 9.51. The molecule has 0 atom stereocenters. The van der Waals surface area contributed by atoms with Crippen LogP contribution in [0.5, 0.6) is 5.88 Å². The Labute approximate surface area is 113 Å². The van der Waals surface area contributed by atoms with Gasteiger partial charge in [-0.25, -0.2) is 14.2 Å². The van der Waals surface area contributed by atoms with Crippen molar-refractivity contribution in [2.24, 2.45) is 0 Å². The average molecular weight is 282 g/mol. The van der Waals surface area contributed by atoms with Crippen LogP contribution in [0.25, 0.3) is 0 Å². The molecule has 2 rings (SSSR count). The molecule has 19 heavy (non-hydrogen) atoms. The third-order valence-electron chi connectivity index (χ3n) is 2.34. The van der Waals surface area contributed by atoms with Gasteiger partial charge < -0.3 is 9.84 Å².